The van der Waals surface area contributed by atoms with Gasteiger partial charge in [0.05, 0.1) is 10.5 Å². The van der Waals surface area contributed by atoms with Crippen molar-refractivity contribution in [1.29, 1.82) is 0 Å². The standard InChI is InChI=1S/C19H24N6O4/c20-9-12-4-6-13(7-5-12)10-21-17-16(25(28)29)11-22-19(24-17)23-15-3-1-2-14(8-15)18(26)27/h1-3,8,11-13H,4-7,9-10,20H2,(H,26,27)(H2,21,22,23,24). The maximum atomic E-state index is 11.3. The highest BCUT2D eigenvalue weighted by Gasteiger charge is 2.22. The van der Waals surface area contributed by atoms with Gasteiger partial charge >= 0.3 is 11.7 Å². The molecule has 3 rings (SSSR count). The van der Waals surface area contributed by atoms with Gasteiger partial charge in [0.2, 0.25) is 11.8 Å². The van der Waals surface area contributed by atoms with Crippen LogP contribution in [0, 0.1) is 22.0 Å². The molecule has 0 atom stereocenters. The van der Waals surface area contributed by atoms with Crippen molar-refractivity contribution in [2.45, 2.75) is 25.7 Å². The summed E-state index contributed by atoms with van der Waals surface area (Å²) in [6.07, 6.45) is 5.34. The first-order valence-corrected chi connectivity index (χ1v) is 9.52. The molecule has 1 aliphatic rings. The zero-order valence-electron chi connectivity index (χ0n) is 15.9. The molecular weight excluding hydrogens is 376 g/mol. The molecule has 2 aromatic rings. The summed E-state index contributed by atoms with van der Waals surface area (Å²) in [6.45, 7) is 1.29. The number of nitro groups is 1. The predicted octanol–water partition coefficient (Wildman–Crippen LogP) is 3.00. The van der Waals surface area contributed by atoms with E-state index in [1.165, 1.54) is 12.1 Å². The highest BCUT2D eigenvalue weighted by molar-refractivity contribution is 5.89. The van der Waals surface area contributed by atoms with E-state index in [4.69, 9.17) is 10.8 Å². The van der Waals surface area contributed by atoms with E-state index in [-0.39, 0.29) is 23.0 Å². The van der Waals surface area contributed by atoms with Crippen LogP contribution in [-0.4, -0.2) is 39.1 Å². The molecule has 0 unspecified atom stereocenters. The third-order valence-corrected chi connectivity index (χ3v) is 5.19. The van der Waals surface area contributed by atoms with Crippen LogP contribution in [0.15, 0.2) is 30.5 Å². The number of rotatable bonds is 8. The second-order valence-electron chi connectivity index (χ2n) is 7.20. The number of aromatic carboxylic acids is 1. The van der Waals surface area contributed by atoms with Crippen LogP contribution in [0.2, 0.25) is 0 Å². The van der Waals surface area contributed by atoms with E-state index in [0.29, 0.717) is 30.6 Å². The van der Waals surface area contributed by atoms with Crippen LogP contribution in [0.5, 0.6) is 0 Å². The van der Waals surface area contributed by atoms with Gasteiger partial charge in [0.1, 0.15) is 6.20 Å². The smallest absolute Gasteiger partial charge is 0.335 e. The molecular formula is C19H24N6O4. The lowest BCUT2D eigenvalue weighted by Crippen LogP contribution is -2.25. The molecule has 10 heteroatoms. The lowest BCUT2D eigenvalue weighted by Gasteiger charge is -2.27. The molecule has 1 saturated carbocycles. The summed E-state index contributed by atoms with van der Waals surface area (Å²) >= 11 is 0. The zero-order valence-corrected chi connectivity index (χ0v) is 15.9. The van der Waals surface area contributed by atoms with Gasteiger partial charge < -0.3 is 21.5 Å². The number of carbonyl (C=O) groups is 1. The van der Waals surface area contributed by atoms with E-state index >= 15 is 0 Å². The highest BCUT2D eigenvalue weighted by atomic mass is 16.6. The second kappa shape index (κ2) is 9.28. The van der Waals surface area contributed by atoms with E-state index in [9.17, 15) is 14.9 Å². The number of nitrogens with two attached hydrogens (primary N) is 1. The third-order valence-electron chi connectivity index (χ3n) is 5.19. The van der Waals surface area contributed by atoms with Crippen molar-refractivity contribution in [2.75, 3.05) is 23.7 Å². The molecule has 0 bridgehead atoms. The zero-order chi connectivity index (χ0) is 20.8. The van der Waals surface area contributed by atoms with Gasteiger partial charge in [-0.2, -0.15) is 4.98 Å². The van der Waals surface area contributed by atoms with Crippen molar-refractivity contribution < 1.29 is 14.8 Å². The monoisotopic (exact) mass is 400 g/mol. The highest BCUT2D eigenvalue weighted by Crippen LogP contribution is 2.30. The molecule has 29 heavy (non-hydrogen) atoms. The maximum Gasteiger partial charge on any atom is 0.335 e. The van der Waals surface area contributed by atoms with Gasteiger partial charge in [-0.15, -0.1) is 0 Å². The van der Waals surface area contributed by atoms with Gasteiger partial charge in [-0.25, -0.2) is 9.78 Å². The Kier molecular flexibility index (Phi) is 6.55. The van der Waals surface area contributed by atoms with Crippen LogP contribution in [0.3, 0.4) is 0 Å². The van der Waals surface area contributed by atoms with Crippen LogP contribution in [0.25, 0.3) is 0 Å². The Hall–Kier alpha value is -3.27. The average molecular weight is 400 g/mol. The molecule has 154 valence electrons. The third kappa shape index (κ3) is 5.38. The summed E-state index contributed by atoms with van der Waals surface area (Å²) in [7, 11) is 0. The Morgan fingerprint density at radius 3 is 2.66 bits per heavy atom. The SMILES string of the molecule is NCC1CCC(CNc2nc(Nc3cccc(C(=O)O)c3)ncc2[N+](=O)[O-])CC1. The lowest BCUT2D eigenvalue weighted by molar-refractivity contribution is -0.384. The van der Waals surface area contributed by atoms with Gasteiger partial charge in [0.25, 0.3) is 0 Å². The number of benzene rings is 1. The average Bonchev–Trinajstić information content (AvgIpc) is 2.72. The Labute approximate surface area is 167 Å². The molecule has 0 saturated heterocycles. The normalized spacial score (nSPS) is 18.8. The van der Waals surface area contributed by atoms with Crippen LogP contribution >= 0.6 is 0 Å². The number of hydrogen-bond acceptors (Lipinski definition) is 8. The van der Waals surface area contributed by atoms with Crippen molar-refractivity contribution in [2.24, 2.45) is 17.6 Å². The minimum atomic E-state index is -1.05. The Morgan fingerprint density at radius 1 is 1.28 bits per heavy atom. The quantitative estimate of drug-likeness (QED) is 0.386. The first-order chi connectivity index (χ1) is 14.0. The minimum absolute atomic E-state index is 0.114. The summed E-state index contributed by atoms with van der Waals surface area (Å²) in [4.78, 5) is 30.1. The van der Waals surface area contributed by atoms with E-state index in [0.717, 1.165) is 31.9 Å². The van der Waals surface area contributed by atoms with Crippen molar-refractivity contribution in [3.8, 4) is 0 Å². The molecule has 5 N–H and O–H groups in total. The summed E-state index contributed by atoms with van der Waals surface area (Å²) < 4.78 is 0. The number of anilines is 3. The van der Waals surface area contributed by atoms with Crippen LogP contribution in [0.1, 0.15) is 36.0 Å². The fraction of sp³-hybridized carbons (Fsp3) is 0.421. The first kappa shape index (κ1) is 20.5. The van der Waals surface area contributed by atoms with E-state index in [1.54, 1.807) is 12.1 Å². The fourth-order valence-corrected chi connectivity index (χ4v) is 3.47. The summed E-state index contributed by atoms with van der Waals surface area (Å²) in [5.74, 6) is 0.216. The number of hydrogen-bond donors (Lipinski definition) is 4. The van der Waals surface area contributed by atoms with E-state index < -0.39 is 10.9 Å². The van der Waals surface area contributed by atoms with Gasteiger partial charge in [-0.1, -0.05) is 6.07 Å². The van der Waals surface area contributed by atoms with Crippen molar-refractivity contribution in [3.05, 3.63) is 46.1 Å². The number of nitrogens with zero attached hydrogens (tertiary/aromatic N) is 3. The molecule has 1 heterocycles. The molecule has 10 nitrogen and oxygen atoms in total. The molecule has 0 aliphatic heterocycles. The van der Waals surface area contributed by atoms with Crippen LogP contribution in [-0.2, 0) is 0 Å². The Bertz CT molecular complexity index is 883. The van der Waals surface area contributed by atoms with Crippen LogP contribution in [0.4, 0.5) is 23.1 Å². The van der Waals surface area contributed by atoms with Gasteiger partial charge in [0, 0.05) is 12.2 Å². The summed E-state index contributed by atoms with van der Waals surface area (Å²) in [5, 5.41) is 26.4. The molecule has 1 aromatic carbocycles. The minimum Gasteiger partial charge on any atom is -0.478 e. The summed E-state index contributed by atoms with van der Waals surface area (Å²) in [5.41, 5.74) is 6.11. The molecule has 1 aliphatic carbocycles. The predicted molar refractivity (Wildman–Crippen MR) is 108 cm³/mol. The number of nitrogens with one attached hydrogen (secondary N) is 2. The first-order valence-electron chi connectivity index (χ1n) is 9.52. The topological polar surface area (TPSA) is 156 Å². The molecule has 0 spiro atoms. The molecule has 1 aromatic heterocycles. The summed E-state index contributed by atoms with van der Waals surface area (Å²) in [6, 6.07) is 6.17. The van der Waals surface area contributed by atoms with Gasteiger partial charge in [0.15, 0.2) is 0 Å². The van der Waals surface area contributed by atoms with E-state index in [1.807, 2.05) is 0 Å². The number of carboxylic acid groups (broad SMARTS) is 1. The van der Waals surface area contributed by atoms with Gasteiger partial charge in [-0.05, 0) is 62.3 Å². The molecule has 1 fully saturated rings. The van der Waals surface area contributed by atoms with Crippen molar-refractivity contribution in [3.63, 3.8) is 0 Å². The van der Waals surface area contributed by atoms with Gasteiger partial charge in [-0.3, -0.25) is 10.1 Å². The van der Waals surface area contributed by atoms with E-state index in [2.05, 4.69) is 20.6 Å². The lowest BCUT2D eigenvalue weighted by atomic mass is 9.82. The largest absolute Gasteiger partial charge is 0.478 e. The Balaban J connectivity index is 1.71. The van der Waals surface area contributed by atoms with Crippen LogP contribution < -0.4 is 16.4 Å². The number of aromatic nitrogens is 2. The van der Waals surface area contributed by atoms with Crippen molar-refractivity contribution in [1.82, 2.24) is 9.97 Å². The fourth-order valence-electron chi connectivity index (χ4n) is 3.47. The Morgan fingerprint density at radius 2 is 2.00 bits per heavy atom. The maximum absolute atomic E-state index is 11.3. The second-order valence-corrected chi connectivity index (χ2v) is 7.20. The molecule has 0 amide bonds. The molecule has 0 radical (unpaired) electrons. The van der Waals surface area contributed by atoms with Crippen molar-refractivity contribution >= 4 is 29.1 Å². The number of carboxylic acids is 1.